The van der Waals surface area contributed by atoms with Crippen molar-refractivity contribution < 1.29 is 18.3 Å². The second kappa shape index (κ2) is 5.48. The summed E-state index contributed by atoms with van der Waals surface area (Å²) in [5.41, 5.74) is 7.44. The maximum absolute atomic E-state index is 12.2. The van der Waals surface area contributed by atoms with Crippen LogP contribution in [0.1, 0.15) is 18.9 Å². The summed E-state index contributed by atoms with van der Waals surface area (Å²) in [7, 11) is 0. The van der Waals surface area contributed by atoms with Crippen molar-refractivity contribution in [1.29, 1.82) is 0 Å². The van der Waals surface area contributed by atoms with E-state index in [1.807, 2.05) is 6.92 Å². The van der Waals surface area contributed by atoms with E-state index in [2.05, 4.69) is 16.6 Å². The number of ether oxygens (including phenoxy) is 1. The summed E-state index contributed by atoms with van der Waals surface area (Å²) in [4.78, 5) is 11.1. The molecular weight excluding hydrogens is 266 g/mol. The molecule has 108 valence electrons. The third-order valence-corrected chi connectivity index (χ3v) is 3.48. The zero-order chi connectivity index (χ0) is 14.9. The smallest absolute Gasteiger partial charge is 0.387 e. The first-order valence-corrected chi connectivity index (χ1v) is 6.21. The van der Waals surface area contributed by atoms with Gasteiger partial charge in [0.25, 0.3) is 0 Å². The van der Waals surface area contributed by atoms with Crippen molar-refractivity contribution >= 4 is 17.2 Å². The highest BCUT2D eigenvalue weighted by Gasteiger charge is 2.29. The van der Waals surface area contributed by atoms with E-state index in [1.54, 1.807) is 6.07 Å². The summed E-state index contributed by atoms with van der Waals surface area (Å²) in [5.74, 6) is -0.345. The second-order valence-electron chi connectivity index (χ2n) is 4.82. The molecule has 0 saturated heterocycles. The predicted octanol–water partition coefficient (Wildman–Crippen LogP) is 2.61. The van der Waals surface area contributed by atoms with Crippen LogP contribution in [0.2, 0.25) is 0 Å². The van der Waals surface area contributed by atoms with Gasteiger partial charge in [0.1, 0.15) is 5.75 Å². The van der Waals surface area contributed by atoms with Gasteiger partial charge in [0.15, 0.2) is 0 Å². The van der Waals surface area contributed by atoms with E-state index >= 15 is 0 Å². The Bertz CT molecular complexity index is 546. The molecule has 1 aliphatic rings. The first-order valence-electron chi connectivity index (χ1n) is 6.21. The summed E-state index contributed by atoms with van der Waals surface area (Å²) in [6.07, 6.45) is 0.189. The standard InChI is InChI=1S/C14H16F2N2O2/c1-7-8(2)12(6-13(17)19)18-11-4-3-9(5-10(7)11)20-14(15)16/h3-5,8,12,14,18H,1,6H2,2H3,(H2,17,19). The fraction of sp³-hybridized carbons (Fsp3) is 0.357. The molecule has 1 heterocycles. The van der Waals surface area contributed by atoms with Crippen molar-refractivity contribution in [2.45, 2.75) is 26.0 Å². The van der Waals surface area contributed by atoms with E-state index in [0.29, 0.717) is 0 Å². The molecule has 0 aromatic heterocycles. The first-order chi connectivity index (χ1) is 9.38. The number of hydrogen-bond donors (Lipinski definition) is 2. The van der Waals surface area contributed by atoms with E-state index in [-0.39, 0.29) is 24.1 Å². The molecule has 1 aromatic carbocycles. The van der Waals surface area contributed by atoms with E-state index in [0.717, 1.165) is 16.8 Å². The minimum Gasteiger partial charge on any atom is -0.435 e. The third-order valence-electron chi connectivity index (χ3n) is 3.48. The Morgan fingerprint density at radius 2 is 2.25 bits per heavy atom. The molecule has 2 unspecified atom stereocenters. The summed E-state index contributed by atoms with van der Waals surface area (Å²) in [5, 5.41) is 3.18. The Balaban J connectivity index is 2.29. The summed E-state index contributed by atoms with van der Waals surface area (Å²) in [6.45, 7) is 3.03. The van der Waals surface area contributed by atoms with Gasteiger partial charge in [0.2, 0.25) is 5.91 Å². The molecular formula is C14H16F2N2O2. The minimum absolute atomic E-state index is 0.0307. The van der Waals surface area contributed by atoms with Gasteiger partial charge in [-0.25, -0.2) is 0 Å². The average molecular weight is 282 g/mol. The largest absolute Gasteiger partial charge is 0.435 e. The van der Waals surface area contributed by atoms with Crippen molar-refractivity contribution in [3.05, 3.63) is 30.3 Å². The molecule has 1 aromatic rings. The molecule has 0 saturated carbocycles. The minimum atomic E-state index is -2.86. The molecule has 0 radical (unpaired) electrons. The monoisotopic (exact) mass is 282 g/mol. The molecule has 0 bridgehead atoms. The molecule has 2 rings (SSSR count). The molecule has 6 heteroatoms. The topological polar surface area (TPSA) is 64.3 Å². The number of anilines is 1. The highest BCUT2D eigenvalue weighted by molar-refractivity contribution is 5.83. The van der Waals surface area contributed by atoms with E-state index in [9.17, 15) is 13.6 Å². The van der Waals surface area contributed by atoms with Crippen LogP contribution in [0.5, 0.6) is 5.75 Å². The number of fused-ring (bicyclic) bond motifs is 1. The quantitative estimate of drug-likeness (QED) is 0.892. The number of hydrogen-bond acceptors (Lipinski definition) is 3. The molecule has 3 N–H and O–H groups in total. The number of rotatable bonds is 4. The Hall–Kier alpha value is -2.11. The average Bonchev–Trinajstić information content (AvgIpc) is 2.35. The van der Waals surface area contributed by atoms with Crippen LogP contribution < -0.4 is 15.8 Å². The van der Waals surface area contributed by atoms with Gasteiger partial charge in [0.05, 0.1) is 0 Å². The number of carbonyl (C=O) groups excluding carboxylic acids is 1. The highest BCUT2D eigenvalue weighted by atomic mass is 19.3. The van der Waals surface area contributed by atoms with Crippen LogP contribution in [0, 0.1) is 5.92 Å². The van der Waals surface area contributed by atoms with Gasteiger partial charge in [-0.05, 0) is 23.8 Å². The maximum atomic E-state index is 12.2. The van der Waals surface area contributed by atoms with E-state index in [4.69, 9.17) is 5.73 Å². The summed E-state index contributed by atoms with van der Waals surface area (Å²) >= 11 is 0. The van der Waals surface area contributed by atoms with E-state index in [1.165, 1.54) is 12.1 Å². The molecule has 2 atom stereocenters. The number of alkyl halides is 2. The van der Waals surface area contributed by atoms with Crippen LogP contribution in [-0.2, 0) is 4.79 Å². The van der Waals surface area contributed by atoms with Crippen LogP contribution >= 0.6 is 0 Å². The number of nitrogens with one attached hydrogen (secondary N) is 1. The lowest BCUT2D eigenvalue weighted by molar-refractivity contribution is -0.118. The van der Waals surface area contributed by atoms with Crippen LogP contribution in [0.15, 0.2) is 24.8 Å². The number of amides is 1. The molecule has 1 aliphatic heterocycles. The van der Waals surface area contributed by atoms with Crippen LogP contribution in [-0.4, -0.2) is 18.6 Å². The van der Waals surface area contributed by atoms with Crippen LogP contribution in [0.25, 0.3) is 5.57 Å². The van der Waals surface area contributed by atoms with Gasteiger partial charge in [0, 0.05) is 29.6 Å². The Morgan fingerprint density at radius 1 is 1.55 bits per heavy atom. The van der Waals surface area contributed by atoms with Gasteiger partial charge in [-0.15, -0.1) is 0 Å². The third kappa shape index (κ3) is 2.89. The Morgan fingerprint density at radius 3 is 2.85 bits per heavy atom. The van der Waals surface area contributed by atoms with Crippen molar-refractivity contribution in [2.24, 2.45) is 11.7 Å². The van der Waals surface area contributed by atoms with Crippen LogP contribution in [0.4, 0.5) is 14.5 Å². The SMILES string of the molecule is C=C1c2cc(OC(F)F)ccc2NC(CC(N)=O)C1C. The van der Waals surface area contributed by atoms with Crippen molar-refractivity contribution in [3.8, 4) is 5.75 Å². The van der Waals surface area contributed by atoms with Gasteiger partial charge in [-0.3, -0.25) is 4.79 Å². The van der Waals surface area contributed by atoms with Gasteiger partial charge >= 0.3 is 6.61 Å². The molecule has 0 spiro atoms. The number of primary amides is 1. The van der Waals surface area contributed by atoms with Crippen LogP contribution in [0.3, 0.4) is 0 Å². The van der Waals surface area contributed by atoms with Gasteiger partial charge in [-0.2, -0.15) is 8.78 Å². The molecule has 0 aliphatic carbocycles. The fourth-order valence-corrected chi connectivity index (χ4v) is 2.35. The maximum Gasteiger partial charge on any atom is 0.387 e. The second-order valence-corrected chi connectivity index (χ2v) is 4.82. The lowest BCUT2D eigenvalue weighted by Crippen LogP contribution is -2.36. The number of carbonyl (C=O) groups is 1. The van der Waals surface area contributed by atoms with Crippen molar-refractivity contribution in [1.82, 2.24) is 0 Å². The van der Waals surface area contributed by atoms with Crippen molar-refractivity contribution in [3.63, 3.8) is 0 Å². The zero-order valence-electron chi connectivity index (χ0n) is 11.0. The molecule has 1 amide bonds. The lowest BCUT2D eigenvalue weighted by Gasteiger charge is -2.34. The molecule has 0 fully saturated rings. The molecule has 20 heavy (non-hydrogen) atoms. The van der Waals surface area contributed by atoms with Crippen molar-refractivity contribution in [2.75, 3.05) is 5.32 Å². The Labute approximate surface area is 115 Å². The number of benzene rings is 1. The normalized spacial score (nSPS) is 21.3. The lowest BCUT2D eigenvalue weighted by atomic mass is 9.83. The number of halogens is 2. The summed E-state index contributed by atoms with van der Waals surface area (Å²) < 4.78 is 28.8. The first kappa shape index (κ1) is 14.3. The zero-order valence-corrected chi connectivity index (χ0v) is 11.0. The van der Waals surface area contributed by atoms with Gasteiger partial charge in [-0.1, -0.05) is 13.5 Å². The summed E-state index contributed by atoms with van der Waals surface area (Å²) in [6, 6.07) is 4.46. The predicted molar refractivity (Wildman–Crippen MR) is 72.5 cm³/mol. The molecule has 4 nitrogen and oxygen atoms in total. The van der Waals surface area contributed by atoms with Gasteiger partial charge < -0.3 is 15.8 Å². The van der Waals surface area contributed by atoms with E-state index < -0.39 is 12.5 Å². The number of nitrogens with two attached hydrogens (primary N) is 1. The fourth-order valence-electron chi connectivity index (χ4n) is 2.35. The Kier molecular flexibility index (Phi) is 3.92. The highest BCUT2D eigenvalue weighted by Crippen LogP contribution is 2.39.